The van der Waals surface area contributed by atoms with E-state index < -0.39 is 0 Å². The summed E-state index contributed by atoms with van der Waals surface area (Å²) in [7, 11) is 7.96. The van der Waals surface area contributed by atoms with Crippen molar-refractivity contribution in [3.05, 3.63) is 34.6 Å². The lowest BCUT2D eigenvalue weighted by Gasteiger charge is -2.21. The topological polar surface area (TPSA) is 79.8 Å². The molecule has 2 aromatic carbocycles. The van der Waals surface area contributed by atoms with Crippen LogP contribution in [0.4, 0.5) is 0 Å². The molecule has 0 fully saturated rings. The fraction of sp³-hybridized carbons (Fsp3) is 0.364. The summed E-state index contributed by atoms with van der Waals surface area (Å²) in [6.45, 7) is 4.16. The van der Waals surface area contributed by atoms with Crippen LogP contribution in [0.1, 0.15) is 25.3 Å². The average Bonchev–Trinajstić information content (AvgIpc) is 3.17. The van der Waals surface area contributed by atoms with Gasteiger partial charge in [0.25, 0.3) is 0 Å². The number of hydrogen-bond donors (Lipinski definition) is 1. The van der Waals surface area contributed by atoms with Crippen LogP contribution in [0.15, 0.2) is 24.3 Å². The van der Waals surface area contributed by atoms with Crippen molar-refractivity contribution >= 4 is 12.2 Å². The maximum atomic E-state index is 5.73. The molecule has 166 valence electrons. The van der Waals surface area contributed by atoms with Gasteiger partial charge in [-0.15, -0.1) is 0 Å². The highest BCUT2D eigenvalue weighted by Gasteiger charge is 2.26. The molecule has 0 radical (unpaired) electrons. The Labute approximate surface area is 186 Å². The Balaban J connectivity index is 2.34. The first-order valence-corrected chi connectivity index (χ1v) is 10.1. The first-order chi connectivity index (χ1) is 14.9. The van der Waals surface area contributed by atoms with Crippen molar-refractivity contribution in [2.75, 3.05) is 35.5 Å². The molecule has 31 heavy (non-hydrogen) atoms. The Hall–Kier alpha value is -3.20. The van der Waals surface area contributed by atoms with Crippen LogP contribution in [0, 0.1) is 4.77 Å². The summed E-state index contributed by atoms with van der Waals surface area (Å²) in [4.78, 5) is 0. The SMILES string of the molecule is COc1ccc(-n2c(-c3cc(C(C)C)c(OC)c(OC)c3OC)n[nH]c2=S)cc1OC. The van der Waals surface area contributed by atoms with Crippen LogP contribution in [-0.4, -0.2) is 50.3 Å². The maximum Gasteiger partial charge on any atom is 0.204 e. The van der Waals surface area contributed by atoms with Gasteiger partial charge in [0.05, 0.1) is 46.8 Å². The Morgan fingerprint density at radius 2 is 1.48 bits per heavy atom. The smallest absolute Gasteiger partial charge is 0.204 e. The molecule has 0 aliphatic heterocycles. The Kier molecular flexibility index (Phi) is 6.74. The second-order valence-corrected chi connectivity index (χ2v) is 7.38. The molecular weight excluding hydrogens is 418 g/mol. The summed E-state index contributed by atoms with van der Waals surface area (Å²) in [5.41, 5.74) is 2.43. The van der Waals surface area contributed by atoms with Crippen molar-refractivity contribution in [2.45, 2.75) is 19.8 Å². The van der Waals surface area contributed by atoms with Crippen LogP contribution < -0.4 is 23.7 Å². The van der Waals surface area contributed by atoms with E-state index in [-0.39, 0.29) is 5.92 Å². The number of aromatic nitrogens is 3. The minimum Gasteiger partial charge on any atom is -0.493 e. The number of ether oxygens (including phenoxy) is 5. The zero-order chi connectivity index (χ0) is 22.7. The highest BCUT2D eigenvalue weighted by Crippen LogP contribution is 2.48. The molecule has 3 aromatic rings. The van der Waals surface area contributed by atoms with Crippen molar-refractivity contribution in [3.63, 3.8) is 0 Å². The van der Waals surface area contributed by atoms with Gasteiger partial charge in [0.15, 0.2) is 33.6 Å². The van der Waals surface area contributed by atoms with Crippen LogP contribution in [-0.2, 0) is 0 Å². The fourth-order valence-corrected chi connectivity index (χ4v) is 3.76. The van der Waals surface area contributed by atoms with Crippen LogP contribution in [0.3, 0.4) is 0 Å². The second kappa shape index (κ2) is 9.30. The van der Waals surface area contributed by atoms with Gasteiger partial charge in [0, 0.05) is 11.6 Å². The minimum atomic E-state index is 0.171. The normalized spacial score (nSPS) is 10.8. The monoisotopic (exact) mass is 445 g/mol. The van der Waals surface area contributed by atoms with Crippen LogP contribution >= 0.6 is 12.2 Å². The van der Waals surface area contributed by atoms with Gasteiger partial charge in [-0.2, -0.15) is 5.10 Å². The first-order valence-electron chi connectivity index (χ1n) is 9.64. The number of hydrogen-bond acceptors (Lipinski definition) is 7. The summed E-state index contributed by atoms with van der Waals surface area (Å²) in [6.07, 6.45) is 0. The van der Waals surface area contributed by atoms with Gasteiger partial charge in [0.1, 0.15) is 0 Å². The van der Waals surface area contributed by atoms with E-state index in [0.717, 1.165) is 11.3 Å². The lowest BCUT2D eigenvalue weighted by Crippen LogP contribution is -2.05. The molecule has 8 nitrogen and oxygen atoms in total. The van der Waals surface area contributed by atoms with Crippen LogP contribution in [0.2, 0.25) is 0 Å². The molecular formula is C22H27N3O5S. The van der Waals surface area contributed by atoms with Crippen molar-refractivity contribution < 1.29 is 23.7 Å². The summed E-state index contributed by atoms with van der Waals surface area (Å²) in [6, 6.07) is 7.53. The van der Waals surface area contributed by atoms with Crippen molar-refractivity contribution in [1.29, 1.82) is 0 Å². The zero-order valence-corrected chi connectivity index (χ0v) is 19.5. The first kappa shape index (κ1) is 22.5. The van der Waals surface area contributed by atoms with E-state index in [1.165, 1.54) is 0 Å². The van der Waals surface area contributed by atoms with Crippen LogP contribution in [0.5, 0.6) is 28.7 Å². The highest BCUT2D eigenvalue weighted by molar-refractivity contribution is 7.71. The van der Waals surface area contributed by atoms with Gasteiger partial charge >= 0.3 is 0 Å². The maximum absolute atomic E-state index is 5.73. The quantitative estimate of drug-likeness (QED) is 0.501. The molecule has 9 heteroatoms. The largest absolute Gasteiger partial charge is 0.493 e. The Morgan fingerprint density at radius 1 is 0.839 bits per heavy atom. The molecule has 0 amide bonds. The number of H-pyrrole nitrogens is 1. The summed E-state index contributed by atoms with van der Waals surface area (Å²) in [5.74, 6) is 3.56. The number of rotatable bonds is 8. The van der Waals surface area contributed by atoms with Gasteiger partial charge in [-0.25, -0.2) is 0 Å². The van der Waals surface area contributed by atoms with E-state index in [0.29, 0.717) is 44.9 Å². The predicted octanol–water partition coefficient (Wildman–Crippen LogP) is 4.76. The molecule has 0 unspecified atom stereocenters. The Morgan fingerprint density at radius 3 is 2.03 bits per heavy atom. The zero-order valence-electron chi connectivity index (χ0n) is 18.7. The molecule has 1 N–H and O–H groups in total. The minimum absolute atomic E-state index is 0.171. The van der Waals surface area contributed by atoms with Gasteiger partial charge in [-0.05, 0) is 36.3 Å². The van der Waals surface area contributed by atoms with E-state index in [1.54, 1.807) is 35.5 Å². The van der Waals surface area contributed by atoms with Crippen molar-refractivity contribution in [1.82, 2.24) is 14.8 Å². The molecule has 1 aromatic heterocycles. The third-order valence-corrected chi connectivity index (χ3v) is 5.27. The number of nitrogens with zero attached hydrogens (tertiary/aromatic N) is 2. The van der Waals surface area contributed by atoms with Gasteiger partial charge in [-0.1, -0.05) is 13.8 Å². The number of methoxy groups -OCH3 is 5. The van der Waals surface area contributed by atoms with E-state index >= 15 is 0 Å². The molecule has 0 spiro atoms. The number of aromatic amines is 1. The molecule has 0 atom stereocenters. The van der Waals surface area contributed by atoms with Gasteiger partial charge in [-0.3, -0.25) is 9.67 Å². The van der Waals surface area contributed by atoms with E-state index in [9.17, 15) is 0 Å². The summed E-state index contributed by atoms with van der Waals surface area (Å²) < 4.78 is 30.1. The predicted molar refractivity (Wildman–Crippen MR) is 121 cm³/mol. The third kappa shape index (κ3) is 3.93. The van der Waals surface area contributed by atoms with Crippen LogP contribution in [0.25, 0.3) is 17.1 Å². The molecule has 0 saturated carbocycles. The van der Waals surface area contributed by atoms with E-state index in [1.807, 2.05) is 28.8 Å². The summed E-state index contributed by atoms with van der Waals surface area (Å²) in [5, 5.41) is 7.38. The average molecular weight is 446 g/mol. The third-order valence-electron chi connectivity index (χ3n) is 4.99. The molecule has 0 bridgehead atoms. The molecule has 0 aliphatic carbocycles. The lowest BCUT2D eigenvalue weighted by atomic mass is 9.97. The van der Waals surface area contributed by atoms with E-state index in [4.69, 9.17) is 35.9 Å². The lowest BCUT2D eigenvalue weighted by molar-refractivity contribution is 0.322. The molecule has 1 heterocycles. The molecule has 0 aliphatic rings. The molecule has 3 rings (SSSR count). The number of nitrogens with one attached hydrogen (secondary N) is 1. The van der Waals surface area contributed by atoms with E-state index in [2.05, 4.69) is 24.0 Å². The fourth-order valence-electron chi connectivity index (χ4n) is 3.52. The number of benzene rings is 2. The van der Waals surface area contributed by atoms with Crippen molar-refractivity contribution in [3.8, 4) is 45.8 Å². The Bertz CT molecular complexity index is 1140. The van der Waals surface area contributed by atoms with Crippen molar-refractivity contribution in [2.24, 2.45) is 0 Å². The standard InChI is InChI=1S/C22H27N3O5S/c1-12(2)14-11-15(19(29-6)20(30-7)18(14)28-5)21-23-24-22(31)25(21)13-8-9-16(26-3)17(10-13)27-4/h8-12H,1-7H3,(H,24,31). The highest BCUT2D eigenvalue weighted by atomic mass is 32.1. The van der Waals surface area contributed by atoms with Gasteiger partial charge < -0.3 is 23.7 Å². The summed E-state index contributed by atoms with van der Waals surface area (Å²) >= 11 is 5.55. The van der Waals surface area contributed by atoms with Gasteiger partial charge in [0.2, 0.25) is 5.75 Å². The second-order valence-electron chi connectivity index (χ2n) is 6.99. The molecule has 0 saturated heterocycles.